The Morgan fingerprint density at radius 3 is 0.891 bits per heavy atom. The molecular weight excluding hydrogens is 1840 g/mol. The molecule has 0 bridgehead atoms. The maximum Gasteiger partial charge on any atom is 0.255 e. The van der Waals surface area contributed by atoms with Gasteiger partial charge in [0.25, 0.3) is 23.6 Å². The molecule has 10 heterocycles. The Labute approximate surface area is 872 Å². The number of fused-ring (bicyclic) bond motifs is 8. The van der Waals surface area contributed by atoms with Gasteiger partial charge >= 0.3 is 0 Å². The molecule has 0 aromatic heterocycles. The lowest BCUT2D eigenvalue weighted by atomic mass is 9.77. The third-order valence-electron chi connectivity index (χ3n) is 34.3. The molecule has 10 saturated heterocycles. The first-order valence-corrected chi connectivity index (χ1v) is 56.0. The van der Waals surface area contributed by atoms with Crippen LogP contribution in [0.4, 0.5) is 5.69 Å². The maximum absolute atomic E-state index is 13.9. The molecule has 13 aromatic carbocycles. The molecule has 10 aliphatic heterocycles. The number of nitrogens with one attached hydrogen (secondary N) is 1. The number of benzene rings is 13. The topological polar surface area (TPSA) is 201 Å². The average molecular weight is 2000 g/mol. The second-order valence-corrected chi connectivity index (χ2v) is 44.9. The highest BCUT2D eigenvalue weighted by molar-refractivity contribution is 7.89. The van der Waals surface area contributed by atoms with E-state index in [1.165, 1.54) is 6.42 Å². The number of hydrogen-bond acceptors (Lipinski definition) is 13. The normalized spacial score (nSPS) is 20.9. The minimum absolute atomic E-state index is 0. The van der Waals surface area contributed by atoms with Gasteiger partial charge in [0.2, 0.25) is 21.8 Å². The molecule has 13 aromatic rings. The molecule has 2 N–H and O–H groups in total. The van der Waals surface area contributed by atoms with Gasteiger partial charge in [0.15, 0.2) is 0 Å². The SMILES string of the molecule is C.C.C.CCC(O)(CC)C1CCCN(C2CCN(C(=O)c3c4ccccc4cc4ccccc34)CC2)C1.O=C(Nc1ccccc1)C1CCCN(C2CCN(C(=O)c3c4ccccc4cc4ccccc34)CC2)C1.O=C(c1c2ccccc2cc2ccccc12)N1CCC(N2CCCC(C(=O)N3CCCCC3)C2)CC1.O=C(c1c2ccccc2cc2ccccc12)N1CCC(N2CCCC(S(=O)(=O)N3CCCCC3)C2)CC1. The fraction of sp³-hybridized carbons (Fsp3) is 0.460. The molecule has 0 spiro atoms. The van der Waals surface area contributed by atoms with Crippen molar-refractivity contribution in [2.24, 2.45) is 17.8 Å². The molecule has 0 radical (unpaired) electrons. The maximum atomic E-state index is 13.9. The van der Waals surface area contributed by atoms with Crippen LogP contribution >= 0.6 is 0 Å². The van der Waals surface area contributed by atoms with E-state index in [1.807, 2.05) is 137 Å². The van der Waals surface area contributed by atoms with E-state index in [9.17, 15) is 42.3 Å². The van der Waals surface area contributed by atoms with Gasteiger partial charge < -0.3 is 34.9 Å². The van der Waals surface area contributed by atoms with Crippen molar-refractivity contribution in [2.45, 2.75) is 225 Å². The summed E-state index contributed by atoms with van der Waals surface area (Å²) in [6.07, 6.45) is 24.1. The lowest BCUT2D eigenvalue weighted by Gasteiger charge is -2.46. The average Bonchev–Trinajstić information content (AvgIpc) is 0.767. The summed E-state index contributed by atoms with van der Waals surface area (Å²) in [5.74, 6) is 1.57. The largest absolute Gasteiger partial charge is 0.390 e. The highest BCUT2D eigenvalue weighted by atomic mass is 32.2. The Morgan fingerprint density at radius 2 is 0.565 bits per heavy atom. The number of anilines is 1. The molecule has 4 atom stereocenters. The van der Waals surface area contributed by atoms with E-state index < -0.39 is 15.6 Å². The number of nitrogens with zero attached hydrogens (tertiary/aromatic N) is 10. The van der Waals surface area contributed by atoms with E-state index in [1.54, 1.807) is 4.31 Å². The van der Waals surface area contributed by atoms with Gasteiger partial charge in [-0.05, 0) is 296 Å². The van der Waals surface area contributed by atoms with Crippen LogP contribution in [0.25, 0.3) is 86.2 Å². The van der Waals surface area contributed by atoms with Crippen molar-refractivity contribution in [2.75, 3.05) is 136 Å². The highest BCUT2D eigenvalue weighted by Crippen LogP contribution is 2.41. The summed E-state index contributed by atoms with van der Waals surface area (Å²) in [7, 11) is -3.23. The van der Waals surface area contributed by atoms with Crippen LogP contribution in [-0.4, -0.2) is 263 Å². The van der Waals surface area contributed by atoms with Gasteiger partial charge in [0, 0.05) is 140 Å². The smallest absolute Gasteiger partial charge is 0.255 e. The summed E-state index contributed by atoms with van der Waals surface area (Å²) in [5, 5.41) is 31.0. The summed E-state index contributed by atoms with van der Waals surface area (Å²) in [6.45, 7) is 21.0. The fourth-order valence-electron chi connectivity index (χ4n) is 26.1. The van der Waals surface area contributed by atoms with E-state index in [0.29, 0.717) is 68.7 Å². The second-order valence-electron chi connectivity index (χ2n) is 42.7. The van der Waals surface area contributed by atoms with Gasteiger partial charge in [0.1, 0.15) is 0 Å². The lowest BCUT2D eigenvalue weighted by molar-refractivity contribution is -0.138. The minimum Gasteiger partial charge on any atom is -0.390 e. The van der Waals surface area contributed by atoms with Crippen molar-refractivity contribution in [3.05, 3.63) is 271 Å². The van der Waals surface area contributed by atoms with Crippen molar-refractivity contribution in [3.63, 3.8) is 0 Å². The number of piperidine rings is 10. The van der Waals surface area contributed by atoms with Crippen molar-refractivity contribution in [1.82, 2.24) is 48.4 Å². The summed E-state index contributed by atoms with van der Waals surface area (Å²) in [5.41, 5.74) is 3.64. The lowest BCUT2D eigenvalue weighted by Crippen LogP contribution is -2.54. The molecule has 23 rings (SSSR count). The van der Waals surface area contributed by atoms with Gasteiger partial charge in [-0.25, -0.2) is 12.7 Å². The van der Waals surface area contributed by atoms with Crippen LogP contribution in [-0.2, 0) is 19.6 Å². The quantitative estimate of drug-likeness (QED) is 0.0866. The highest BCUT2D eigenvalue weighted by Gasteiger charge is 2.44. The zero-order valence-electron chi connectivity index (χ0n) is 84.5. The zero-order valence-corrected chi connectivity index (χ0v) is 85.3. The first-order valence-electron chi connectivity index (χ1n) is 54.5. The van der Waals surface area contributed by atoms with Crippen LogP contribution in [0.2, 0.25) is 0 Å². The number of carbonyl (C=O) groups is 6. The zero-order chi connectivity index (χ0) is 98.8. The van der Waals surface area contributed by atoms with Gasteiger partial charge in [-0.1, -0.05) is 255 Å². The number of amides is 6. The van der Waals surface area contributed by atoms with E-state index in [-0.39, 0.29) is 68.9 Å². The Hall–Kier alpha value is -11.5. The predicted molar refractivity (Wildman–Crippen MR) is 605 cm³/mol. The standard InChI is InChI=1S/C32H33N3O2.C31H37N3O2.C30H37N3O3S.C30H38N2O2.3CH4/c36-31(33-26-12-2-1-3-13-26)25-11-8-18-35(22-25)27-16-19-34(20-17-27)32(37)30-28-14-6-4-9-23(28)21-24-10-5-7-15-29(24)30;35-30(32-16-6-1-7-17-32)25-11-8-18-34(22-25)26-14-19-33(20-15-26)31(36)29-27-12-4-2-9-23(27)21-24-10-3-5-13-28(24)29;34-30(29-27-12-4-2-9-23(27)21-24-10-3-5-13-28(24)29)31-19-14-25(15-20-31)32-16-8-11-26(22-32)37(35,36)33-17-6-1-7-18-33;1-3-30(34,4-2)24-12-9-17-32(21-24)25-15-18-31(19-16-25)29(33)28-26-13-7-5-10-22(26)20-23-11-6-8-14-27(23)28;;;/h1-7,9-10,12-15,21,25,27H,8,11,16-20,22H2,(H,33,36);2-5,9-10,12-13,21,25-26H,1,6-8,11,14-20,22H2;2-5,9-10,12-13,21,25-26H,1,6-8,11,14-20,22H2;5-8,10-11,13-14,20,24-25,34H,3-4,9,12,15-19,21H2,1-2H3;3*1H4. The molecule has 10 fully saturated rings. The van der Waals surface area contributed by atoms with Crippen LogP contribution < -0.4 is 5.32 Å². The Morgan fingerprint density at radius 1 is 0.293 bits per heavy atom. The van der Waals surface area contributed by atoms with Gasteiger partial charge in [-0.2, -0.15) is 0 Å². The molecule has 147 heavy (non-hydrogen) atoms. The summed E-state index contributed by atoms with van der Waals surface area (Å²) < 4.78 is 28.4. The monoisotopic (exact) mass is 2000 g/mol. The first-order chi connectivity index (χ1) is 70.4. The Bertz CT molecular complexity index is 6660. The van der Waals surface area contributed by atoms with E-state index in [0.717, 1.165) is 360 Å². The van der Waals surface area contributed by atoms with E-state index >= 15 is 0 Å². The number of likely N-dealkylation sites (tertiary alicyclic amines) is 9. The minimum atomic E-state index is -3.23. The Balaban J connectivity index is 0.000000133. The molecule has 20 nitrogen and oxygen atoms in total. The summed E-state index contributed by atoms with van der Waals surface area (Å²) >= 11 is 0. The summed E-state index contributed by atoms with van der Waals surface area (Å²) in [4.78, 5) is 102. The molecule has 0 saturated carbocycles. The number of rotatable bonds is 16. The summed E-state index contributed by atoms with van der Waals surface area (Å²) in [6, 6.07) is 85.9. The van der Waals surface area contributed by atoms with Crippen LogP contribution in [0.1, 0.15) is 232 Å². The third-order valence-corrected chi connectivity index (χ3v) is 36.6. The van der Waals surface area contributed by atoms with Gasteiger partial charge in [0.05, 0.1) is 44.9 Å². The molecule has 0 aliphatic carbocycles. The number of sulfonamides is 1. The van der Waals surface area contributed by atoms with Crippen molar-refractivity contribution < 1.29 is 42.3 Å². The van der Waals surface area contributed by atoms with Crippen molar-refractivity contribution in [3.8, 4) is 0 Å². The molecule has 776 valence electrons. The van der Waals surface area contributed by atoms with Gasteiger partial charge in [-0.3, -0.25) is 48.4 Å². The first kappa shape index (κ1) is 107. The number of carbonyl (C=O) groups excluding carboxylic acids is 6. The third kappa shape index (κ3) is 23.6. The number of para-hydroxylation sites is 1. The molecule has 21 heteroatoms. The number of hydrogen-bond donors (Lipinski definition) is 2. The Kier molecular flexibility index (Phi) is 35.5. The molecule has 4 unspecified atom stereocenters. The number of aliphatic hydroxyl groups is 1. The van der Waals surface area contributed by atoms with Crippen molar-refractivity contribution >= 4 is 137 Å². The van der Waals surface area contributed by atoms with Crippen LogP contribution in [0.5, 0.6) is 0 Å². The molecule has 10 aliphatic rings. The van der Waals surface area contributed by atoms with Crippen molar-refractivity contribution in [1.29, 1.82) is 0 Å². The molecule has 6 amide bonds. The van der Waals surface area contributed by atoms with E-state index in [2.05, 4.69) is 175 Å². The van der Waals surface area contributed by atoms with Crippen LogP contribution in [0, 0.1) is 17.8 Å². The van der Waals surface area contributed by atoms with E-state index in [4.69, 9.17) is 0 Å². The fourth-order valence-corrected chi connectivity index (χ4v) is 28.1. The van der Waals surface area contributed by atoms with Crippen LogP contribution in [0.15, 0.2) is 249 Å². The second kappa shape index (κ2) is 48.8. The van der Waals surface area contributed by atoms with Crippen LogP contribution in [0.3, 0.4) is 0 Å². The predicted octanol–water partition coefficient (Wildman–Crippen LogP) is 23.9. The molecular formula is C126H157N11O9S. The van der Waals surface area contributed by atoms with Gasteiger partial charge in [-0.15, -0.1) is 0 Å².